The highest BCUT2D eigenvalue weighted by Crippen LogP contribution is 2.15. The van der Waals surface area contributed by atoms with Crippen molar-refractivity contribution >= 4 is 29.4 Å². The summed E-state index contributed by atoms with van der Waals surface area (Å²) >= 11 is 0. The van der Waals surface area contributed by atoms with Crippen molar-refractivity contribution in [2.24, 2.45) is 0 Å². The van der Waals surface area contributed by atoms with E-state index in [1.165, 1.54) is 13.0 Å². The Labute approximate surface area is 175 Å². The van der Waals surface area contributed by atoms with E-state index in [0.717, 1.165) is 5.56 Å². The quantitative estimate of drug-likeness (QED) is 0.563. The van der Waals surface area contributed by atoms with E-state index in [4.69, 9.17) is 9.47 Å². The Morgan fingerprint density at radius 1 is 1.03 bits per heavy atom. The normalized spacial score (nSPS) is 13.8. The van der Waals surface area contributed by atoms with E-state index in [9.17, 15) is 14.4 Å². The van der Waals surface area contributed by atoms with Gasteiger partial charge < -0.3 is 19.7 Å². The summed E-state index contributed by atoms with van der Waals surface area (Å²) in [6, 6.07) is 13.9. The monoisotopic (exact) mass is 408 g/mol. The number of nitrogens with one attached hydrogen (secondary N) is 1. The lowest BCUT2D eigenvalue weighted by atomic mass is 10.1. The molecule has 2 aromatic carbocycles. The molecule has 0 aliphatic carbocycles. The van der Waals surface area contributed by atoms with Gasteiger partial charge >= 0.3 is 0 Å². The topological polar surface area (TPSA) is 84.9 Å². The zero-order valence-electron chi connectivity index (χ0n) is 16.8. The number of ketones is 1. The smallest absolute Gasteiger partial charge is 0.260 e. The van der Waals surface area contributed by atoms with Gasteiger partial charge in [0.2, 0.25) is 5.91 Å². The Kier molecular flexibility index (Phi) is 7.34. The summed E-state index contributed by atoms with van der Waals surface area (Å²) in [4.78, 5) is 37.2. The maximum atomic E-state index is 12.4. The van der Waals surface area contributed by atoms with E-state index in [1.54, 1.807) is 47.4 Å². The van der Waals surface area contributed by atoms with Crippen LogP contribution in [0.4, 0.5) is 5.69 Å². The van der Waals surface area contributed by atoms with E-state index in [-0.39, 0.29) is 24.2 Å². The standard InChI is InChI=1S/C23H24N2O5/c1-17(26)24-20-7-2-18(3-8-20)4-11-22(27)19-5-9-21(10-6-19)30-16-23(28)25-12-14-29-15-13-25/h2-11H,12-16H2,1H3,(H,24,26)/b11-4+. The molecule has 1 aliphatic heterocycles. The Hall–Kier alpha value is -3.45. The van der Waals surface area contributed by atoms with Gasteiger partial charge in [0.05, 0.1) is 13.2 Å². The molecule has 2 aromatic rings. The minimum absolute atomic E-state index is 0.0400. The first-order valence-electron chi connectivity index (χ1n) is 9.70. The number of rotatable bonds is 7. The lowest BCUT2D eigenvalue weighted by Gasteiger charge is -2.26. The van der Waals surface area contributed by atoms with Crippen LogP contribution in [-0.4, -0.2) is 55.4 Å². The molecule has 0 radical (unpaired) electrons. The second-order valence-corrected chi connectivity index (χ2v) is 6.81. The fraction of sp³-hybridized carbons (Fsp3) is 0.261. The number of amides is 2. The van der Waals surface area contributed by atoms with Crippen LogP contribution < -0.4 is 10.1 Å². The SMILES string of the molecule is CC(=O)Nc1ccc(/C=C/C(=O)c2ccc(OCC(=O)N3CCOCC3)cc2)cc1. The number of allylic oxidation sites excluding steroid dienone is 1. The van der Waals surface area contributed by atoms with Gasteiger partial charge in [-0.3, -0.25) is 14.4 Å². The van der Waals surface area contributed by atoms with Crippen molar-refractivity contribution in [3.05, 3.63) is 65.7 Å². The fourth-order valence-electron chi connectivity index (χ4n) is 2.91. The van der Waals surface area contributed by atoms with Gasteiger partial charge in [0.15, 0.2) is 12.4 Å². The van der Waals surface area contributed by atoms with Crippen molar-refractivity contribution in [3.8, 4) is 5.75 Å². The molecule has 1 saturated heterocycles. The number of anilines is 1. The van der Waals surface area contributed by atoms with Crippen LogP contribution in [0.1, 0.15) is 22.8 Å². The molecular weight excluding hydrogens is 384 g/mol. The Morgan fingerprint density at radius 2 is 1.70 bits per heavy atom. The summed E-state index contributed by atoms with van der Waals surface area (Å²) in [5.41, 5.74) is 2.07. The van der Waals surface area contributed by atoms with Crippen LogP contribution in [0.3, 0.4) is 0 Å². The number of carbonyl (C=O) groups is 3. The van der Waals surface area contributed by atoms with Crippen LogP contribution in [0.5, 0.6) is 5.75 Å². The number of carbonyl (C=O) groups excluding carboxylic acids is 3. The molecule has 3 rings (SSSR count). The van der Waals surface area contributed by atoms with Crippen LogP contribution in [0.2, 0.25) is 0 Å². The summed E-state index contributed by atoms with van der Waals surface area (Å²) in [6.45, 7) is 3.67. The molecule has 1 heterocycles. The van der Waals surface area contributed by atoms with Crippen LogP contribution in [0.15, 0.2) is 54.6 Å². The first-order valence-corrected chi connectivity index (χ1v) is 9.70. The average molecular weight is 408 g/mol. The van der Waals surface area contributed by atoms with Gasteiger partial charge in [-0.25, -0.2) is 0 Å². The first-order chi connectivity index (χ1) is 14.5. The molecule has 156 valence electrons. The van der Waals surface area contributed by atoms with E-state index in [0.29, 0.717) is 43.3 Å². The molecule has 1 N–H and O–H groups in total. The minimum atomic E-state index is -0.142. The average Bonchev–Trinajstić information content (AvgIpc) is 2.77. The van der Waals surface area contributed by atoms with Crippen molar-refractivity contribution in [1.29, 1.82) is 0 Å². The van der Waals surface area contributed by atoms with E-state index < -0.39 is 0 Å². The summed E-state index contributed by atoms with van der Waals surface area (Å²) in [7, 11) is 0. The second-order valence-electron chi connectivity index (χ2n) is 6.81. The predicted octanol–water partition coefficient (Wildman–Crippen LogP) is 2.78. The maximum absolute atomic E-state index is 12.4. The van der Waals surface area contributed by atoms with Gasteiger partial charge in [-0.05, 0) is 48.0 Å². The van der Waals surface area contributed by atoms with Crippen LogP contribution in [0.25, 0.3) is 6.08 Å². The molecule has 0 unspecified atom stereocenters. The largest absolute Gasteiger partial charge is 0.484 e. The molecule has 1 aliphatic rings. The zero-order chi connectivity index (χ0) is 21.3. The number of nitrogens with zero attached hydrogens (tertiary/aromatic N) is 1. The first kappa shape index (κ1) is 21.3. The molecule has 7 nitrogen and oxygen atoms in total. The maximum Gasteiger partial charge on any atom is 0.260 e. The van der Waals surface area contributed by atoms with Gasteiger partial charge in [-0.15, -0.1) is 0 Å². The minimum Gasteiger partial charge on any atom is -0.484 e. The molecule has 0 bridgehead atoms. The van der Waals surface area contributed by atoms with Crippen LogP contribution in [-0.2, 0) is 14.3 Å². The van der Waals surface area contributed by atoms with Gasteiger partial charge in [0.25, 0.3) is 5.91 Å². The van der Waals surface area contributed by atoms with Gasteiger partial charge in [-0.1, -0.05) is 18.2 Å². The summed E-state index contributed by atoms with van der Waals surface area (Å²) in [6.07, 6.45) is 3.20. The lowest BCUT2D eigenvalue weighted by molar-refractivity contribution is -0.137. The number of benzene rings is 2. The summed E-state index contributed by atoms with van der Waals surface area (Å²) in [5.74, 6) is 0.180. The third-order valence-corrected chi connectivity index (χ3v) is 4.52. The number of hydrogen-bond donors (Lipinski definition) is 1. The molecule has 1 fully saturated rings. The summed E-state index contributed by atoms with van der Waals surface area (Å²) in [5, 5.41) is 2.69. The number of hydrogen-bond acceptors (Lipinski definition) is 5. The molecule has 0 spiro atoms. The Morgan fingerprint density at radius 3 is 2.33 bits per heavy atom. The molecule has 2 amide bonds. The zero-order valence-corrected chi connectivity index (χ0v) is 16.8. The predicted molar refractivity (Wildman–Crippen MR) is 113 cm³/mol. The van der Waals surface area contributed by atoms with Crippen molar-refractivity contribution in [1.82, 2.24) is 4.90 Å². The molecule has 0 saturated carbocycles. The van der Waals surface area contributed by atoms with Crippen LogP contribution >= 0.6 is 0 Å². The van der Waals surface area contributed by atoms with Gasteiger partial charge in [0.1, 0.15) is 5.75 Å². The summed E-state index contributed by atoms with van der Waals surface area (Å²) < 4.78 is 10.8. The molecule has 30 heavy (non-hydrogen) atoms. The highest BCUT2D eigenvalue weighted by Gasteiger charge is 2.17. The van der Waals surface area contributed by atoms with E-state index >= 15 is 0 Å². The number of morpholine rings is 1. The lowest BCUT2D eigenvalue weighted by Crippen LogP contribution is -2.42. The highest BCUT2D eigenvalue weighted by atomic mass is 16.5. The number of ether oxygens (including phenoxy) is 2. The highest BCUT2D eigenvalue weighted by molar-refractivity contribution is 6.06. The Balaban J connectivity index is 1.51. The van der Waals surface area contributed by atoms with E-state index in [2.05, 4.69) is 5.32 Å². The van der Waals surface area contributed by atoms with Crippen molar-refractivity contribution < 1.29 is 23.9 Å². The molecule has 7 heteroatoms. The Bertz CT molecular complexity index is 914. The van der Waals surface area contributed by atoms with Crippen molar-refractivity contribution in [3.63, 3.8) is 0 Å². The third-order valence-electron chi connectivity index (χ3n) is 4.52. The van der Waals surface area contributed by atoms with Gasteiger partial charge in [-0.2, -0.15) is 0 Å². The van der Waals surface area contributed by atoms with Crippen molar-refractivity contribution in [2.45, 2.75) is 6.92 Å². The van der Waals surface area contributed by atoms with Crippen LogP contribution in [0, 0.1) is 0 Å². The van der Waals surface area contributed by atoms with Gasteiger partial charge in [0, 0.05) is 31.3 Å². The third kappa shape index (κ3) is 6.28. The molecule has 0 aromatic heterocycles. The van der Waals surface area contributed by atoms with E-state index in [1.807, 2.05) is 12.1 Å². The molecule has 0 atom stereocenters. The second kappa shape index (κ2) is 10.4. The van der Waals surface area contributed by atoms with Crippen molar-refractivity contribution in [2.75, 3.05) is 38.2 Å². The molecular formula is C23H24N2O5. The fourth-order valence-corrected chi connectivity index (χ4v) is 2.91.